The minimum atomic E-state index is 0.701. The molecule has 3 aliphatic rings. The second-order valence-electron chi connectivity index (χ2n) is 5.58. The third-order valence-electron chi connectivity index (χ3n) is 4.37. The minimum Gasteiger partial charge on any atom is -0.381 e. The predicted molar refractivity (Wildman–Crippen MR) is 66.2 cm³/mol. The van der Waals surface area contributed by atoms with E-state index in [0.717, 1.165) is 32.3 Å². The maximum Gasteiger partial charge on any atom is 0.0622 e. The molecule has 0 N–H and O–H groups in total. The number of hydrogen-bond donors (Lipinski definition) is 0. The zero-order valence-electron chi connectivity index (χ0n) is 10.6. The summed E-state index contributed by atoms with van der Waals surface area (Å²) in [5, 5.41) is 0. The minimum absolute atomic E-state index is 0.701. The van der Waals surface area contributed by atoms with Gasteiger partial charge >= 0.3 is 0 Å². The van der Waals surface area contributed by atoms with Crippen molar-refractivity contribution in [1.29, 1.82) is 0 Å². The van der Waals surface area contributed by atoms with Gasteiger partial charge in [0.05, 0.1) is 13.2 Å². The number of ether oxygens (including phenoxy) is 2. The van der Waals surface area contributed by atoms with Crippen molar-refractivity contribution < 1.29 is 9.47 Å². The van der Waals surface area contributed by atoms with E-state index in [9.17, 15) is 0 Å². The quantitative estimate of drug-likeness (QED) is 0.714. The van der Waals surface area contributed by atoms with Crippen molar-refractivity contribution in [2.45, 2.75) is 18.9 Å². The highest BCUT2D eigenvalue weighted by molar-refractivity contribution is 4.82. The third-order valence-corrected chi connectivity index (χ3v) is 4.37. The van der Waals surface area contributed by atoms with E-state index in [-0.39, 0.29) is 0 Å². The van der Waals surface area contributed by atoms with Crippen molar-refractivity contribution in [2.75, 3.05) is 59.2 Å². The highest BCUT2D eigenvalue weighted by Gasteiger charge is 2.28. The smallest absolute Gasteiger partial charge is 0.0622 e. The van der Waals surface area contributed by atoms with E-state index in [1.165, 1.54) is 45.6 Å². The zero-order valence-corrected chi connectivity index (χ0v) is 10.6. The Morgan fingerprint density at radius 1 is 0.882 bits per heavy atom. The lowest BCUT2D eigenvalue weighted by molar-refractivity contribution is 0.0747. The Morgan fingerprint density at radius 2 is 1.65 bits per heavy atom. The van der Waals surface area contributed by atoms with Gasteiger partial charge < -0.3 is 14.4 Å². The molecule has 0 bridgehead atoms. The molecule has 3 fully saturated rings. The first-order chi connectivity index (χ1) is 8.42. The summed E-state index contributed by atoms with van der Waals surface area (Å²) < 4.78 is 10.9. The van der Waals surface area contributed by atoms with Crippen LogP contribution in [0.4, 0.5) is 0 Å². The first-order valence-electron chi connectivity index (χ1n) is 7.04. The molecular formula is C13H24N2O2. The second kappa shape index (κ2) is 5.65. The van der Waals surface area contributed by atoms with Gasteiger partial charge in [0.2, 0.25) is 0 Å². The van der Waals surface area contributed by atoms with Gasteiger partial charge in [-0.05, 0) is 18.8 Å². The lowest BCUT2D eigenvalue weighted by Crippen LogP contribution is -2.51. The topological polar surface area (TPSA) is 24.9 Å². The molecule has 0 amide bonds. The largest absolute Gasteiger partial charge is 0.381 e. The van der Waals surface area contributed by atoms with Crippen LogP contribution in [0.5, 0.6) is 0 Å². The van der Waals surface area contributed by atoms with Gasteiger partial charge in [-0.3, -0.25) is 4.90 Å². The Morgan fingerprint density at radius 3 is 2.29 bits per heavy atom. The maximum atomic E-state index is 5.47. The molecule has 17 heavy (non-hydrogen) atoms. The molecule has 0 aromatic rings. The molecule has 3 aliphatic heterocycles. The van der Waals surface area contributed by atoms with Crippen LogP contribution in [0.1, 0.15) is 12.8 Å². The van der Waals surface area contributed by atoms with Crippen LogP contribution in [0.3, 0.4) is 0 Å². The summed E-state index contributed by atoms with van der Waals surface area (Å²) in [4.78, 5) is 5.24. The fourth-order valence-corrected chi connectivity index (χ4v) is 3.21. The van der Waals surface area contributed by atoms with Crippen LogP contribution in [0.2, 0.25) is 0 Å². The van der Waals surface area contributed by atoms with Crippen molar-refractivity contribution in [1.82, 2.24) is 9.80 Å². The molecule has 0 unspecified atom stereocenters. The Hall–Kier alpha value is -0.160. The van der Waals surface area contributed by atoms with E-state index >= 15 is 0 Å². The molecule has 3 rings (SSSR count). The van der Waals surface area contributed by atoms with Gasteiger partial charge in [0.15, 0.2) is 0 Å². The van der Waals surface area contributed by atoms with Gasteiger partial charge in [-0.25, -0.2) is 0 Å². The summed E-state index contributed by atoms with van der Waals surface area (Å²) in [7, 11) is 0. The molecular weight excluding hydrogens is 216 g/mol. The first kappa shape index (κ1) is 11.9. The summed E-state index contributed by atoms with van der Waals surface area (Å²) in [6, 6.07) is 0.701. The van der Waals surface area contributed by atoms with Crippen LogP contribution in [-0.4, -0.2) is 75.0 Å². The molecule has 4 nitrogen and oxygen atoms in total. The summed E-state index contributed by atoms with van der Waals surface area (Å²) >= 11 is 0. The molecule has 2 atom stereocenters. The average Bonchev–Trinajstić information content (AvgIpc) is 3.01. The Bertz CT molecular complexity index is 230. The van der Waals surface area contributed by atoms with Crippen molar-refractivity contribution in [3.63, 3.8) is 0 Å². The molecule has 0 spiro atoms. The third kappa shape index (κ3) is 2.99. The number of hydrogen-bond acceptors (Lipinski definition) is 4. The normalized spacial score (nSPS) is 36.7. The van der Waals surface area contributed by atoms with Crippen LogP contribution in [0, 0.1) is 5.92 Å². The summed E-state index contributed by atoms with van der Waals surface area (Å²) in [5.74, 6) is 0.788. The SMILES string of the molecule is C1C[C@H](CN2CCN([C@@H]3CCOC3)CC2)CO1. The van der Waals surface area contributed by atoms with Crippen LogP contribution < -0.4 is 0 Å². The molecule has 98 valence electrons. The van der Waals surface area contributed by atoms with Crippen LogP contribution in [-0.2, 0) is 9.47 Å². The van der Waals surface area contributed by atoms with Gasteiger partial charge in [0.1, 0.15) is 0 Å². The van der Waals surface area contributed by atoms with Gasteiger partial charge in [-0.1, -0.05) is 0 Å². The maximum absolute atomic E-state index is 5.47. The van der Waals surface area contributed by atoms with Crippen LogP contribution in [0.15, 0.2) is 0 Å². The average molecular weight is 240 g/mol. The van der Waals surface area contributed by atoms with E-state index < -0.39 is 0 Å². The molecule has 0 saturated carbocycles. The molecule has 0 radical (unpaired) electrons. The lowest BCUT2D eigenvalue weighted by atomic mass is 10.1. The predicted octanol–water partition coefficient (Wildman–Crippen LogP) is 0.429. The second-order valence-corrected chi connectivity index (χ2v) is 5.58. The van der Waals surface area contributed by atoms with Crippen molar-refractivity contribution in [3.8, 4) is 0 Å². The Balaban J connectivity index is 1.40. The summed E-state index contributed by atoms with van der Waals surface area (Å²) in [6.45, 7) is 10.0. The highest BCUT2D eigenvalue weighted by atomic mass is 16.5. The highest BCUT2D eigenvalue weighted by Crippen LogP contribution is 2.18. The number of rotatable bonds is 3. The van der Waals surface area contributed by atoms with E-state index in [0.29, 0.717) is 6.04 Å². The summed E-state index contributed by atoms with van der Waals surface area (Å²) in [5.41, 5.74) is 0. The van der Waals surface area contributed by atoms with E-state index in [2.05, 4.69) is 9.80 Å². The van der Waals surface area contributed by atoms with Crippen LogP contribution >= 0.6 is 0 Å². The van der Waals surface area contributed by atoms with Gasteiger partial charge in [-0.2, -0.15) is 0 Å². The van der Waals surface area contributed by atoms with Crippen molar-refractivity contribution in [3.05, 3.63) is 0 Å². The fraction of sp³-hybridized carbons (Fsp3) is 1.00. The molecule has 4 heteroatoms. The summed E-state index contributed by atoms with van der Waals surface area (Å²) in [6.07, 6.45) is 2.49. The van der Waals surface area contributed by atoms with E-state index in [1.54, 1.807) is 0 Å². The Labute approximate surface area is 104 Å². The molecule has 0 aromatic carbocycles. The van der Waals surface area contributed by atoms with Crippen molar-refractivity contribution >= 4 is 0 Å². The van der Waals surface area contributed by atoms with Crippen LogP contribution in [0.25, 0.3) is 0 Å². The standard InChI is InChI=1S/C13H24N2O2/c1-7-16-10-12(1)9-14-3-5-15(6-4-14)13-2-8-17-11-13/h12-13H,1-11H2/t12-,13-/m1/s1. The fourth-order valence-electron chi connectivity index (χ4n) is 3.21. The van der Waals surface area contributed by atoms with Crippen molar-refractivity contribution in [2.24, 2.45) is 5.92 Å². The number of piperazine rings is 1. The van der Waals surface area contributed by atoms with Gasteiger partial charge in [-0.15, -0.1) is 0 Å². The van der Waals surface area contributed by atoms with Gasteiger partial charge in [0, 0.05) is 52.0 Å². The number of nitrogens with zero attached hydrogens (tertiary/aromatic N) is 2. The first-order valence-corrected chi connectivity index (χ1v) is 7.04. The monoisotopic (exact) mass is 240 g/mol. The lowest BCUT2D eigenvalue weighted by Gasteiger charge is -2.38. The van der Waals surface area contributed by atoms with Gasteiger partial charge in [0.25, 0.3) is 0 Å². The molecule has 0 aromatic heterocycles. The molecule has 3 saturated heterocycles. The molecule has 0 aliphatic carbocycles. The zero-order chi connectivity index (χ0) is 11.5. The van der Waals surface area contributed by atoms with E-state index in [4.69, 9.17) is 9.47 Å². The Kier molecular flexibility index (Phi) is 3.96. The van der Waals surface area contributed by atoms with E-state index in [1.807, 2.05) is 0 Å². The molecule has 3 heterocycles.